The summed E-state index contributed by atoms with van der Waals surface area (Å²) in [5.74, 6) is -2.93. The number of hydrogen-bond acceptors (Lipinski definition) is 8. The van der Waals surface area contributed by atoms with Crippen molar-refractivity contribution in [2.75, 3.05) is 19.6 Å². The average Bonchev–Trinajstić information content (AvgIpc) is 3.21. The Bertz CT molecular complexity index is 1360. The molecule has 0 spiro atoms. The van der Waals surface area contributed by atoms with Gasteiger partial charge in [-0.3, -0.25) is 9.63 Å². The Balaban J connectivity index is 2.24. The van der Waals surface area contributed by atoms with Crippen LogP contribution in [0.4, 0.5) is 13.2 Å². The molecule has 0 saturated carbocycles. The highest BCUT2D eigenvalue weighted by Gasteiger charge is 2.50. The lowest BCUT2D eigenvalue weighted by Gasteiger charge is -2.34. The third-order valence-electron chi connectivity index (χ3n) is 6.69. The fraction of sp³-hybridized carbons (Fsp3) is 0.462. The summed E-state index contributed by atoms with van der Waals surface area (Å²) in [4.78, 5) is 33.3. The molecule has 0 saturated heterocycles. The zero-order chi connectivity index (χ0) is 30.0. The van der Waals surface area contributed by atoms with Crippen LogP contribution in [-0.2, 0) is 32.8 Å². The molecule has 1 aliphatic rings. The highest BCUT2D eigenvalue weighted by Crippen LogP contribution is 2.44. The monoisotopic (exact) mass is 587 g/mol. The molecular weight excluding hydrogens is 555 g/mol. The molecule has 1 N–H and O–H groups in total. The molecule has 3 rings (SSSR count). The van der Waals surface area contributed by atoms with E-state index in [4.69, 9.17) is 4.84 Å². The molecule has 1 aliphatic heterocycles. The Morgan fingerprint density at radius 1 is 1.07 bits per heavy atom. The molecule has 2 aromatic rings. The number of benzene rings is 2. The van der Waals surface area contributed by atoms with Gasteiger partial charge in [0.15, 0.2) is 5.75 Å². The summed E-state index contributed by atoms with van der Waals surface area (Å²) in [6.07, 6.45) is -2.00. The first-order chi connectivity index (χ1) is 18.7. The first-order valence-corrected chi connectivity index (χ1v) is 14.0. The van der Waals surface area contributed by atoms with Gasteiger partial charge < -0.3 is 14.2 Å². The quantitative estimate of drug-likeness (QED) is 0.220. The van der Waals surface area contributed by atoms with Crippen molar-refractivity contribution >= 4 is 22.0 Å². The van der Waals surface area contributed by atoms with Crippen LogP contribution in [0.15, 0.2) is 30.3 Å². The molecular formula is C26H32F3N3O7S. The Hall–Kier alpha value is -3.20. The average molecular weight is 588 g/mol. The van der Waals surface area contributed by atoms with Gasteiger partial charge in [-0.25, -0.2) is 9.80 Å². The number of rotatable bonds is 12. The van der Waals surface area contributed by atoms with Crippen molar-refractivity contribution in [1.82, 2.24) is 15.1 Å². The first kappa shape index (κ1) is 31.3. The van der Waals surface area contributed by atoms with Gasteiger partial charge in [0.05, 0.1) is 0 Å². The van der Waals surface area contributed by atoms with Gasteiger partial charge in [-0.15, -0.1) is 5.17 Å². The van der Waals surface area contributed by atoms with Crippen molar-refractivity contribution < 1.29 is 45.3 Å². The van der Waals surface area contributed by atoms with E-state index in [1.54, 1.807) is 56.1 Å². The smallest absolute Gasteiger partial charge is 0.479 e. The first-order valence-electron chi connectivity index (χ1n) is 12.6. The van der Waals surface area contributed by atoms with E-state index in [2.05, 4.69) is 4.18 Å². The summed E-state index contributed by atoms with van der Waals surface area (Å²) in [5, 5.41) is 13.0. The predicted molar refractivity (Wildman–Crippen MR) is 138 cm³/mol. The summed E-state index contributed by atoms with van der Waals surface area (Å²) in [5.41, 5.74) is -5.31. The lowest BCUT2D eigenvalue weighted by atomic mass is 9.90. The number of alkyl halides is 3. The molecule has 0 aromatic heterocycles. The number of fused-ring (bicyclic) bond motifs is 1. The zero-order valence-electron chi connectivity index (χ0n) is 22.8. The summed E-state index contributed by atoms with van der Waals surface area (Å²) in [6, 6.07) is 8.98. The summed E-state index contributed by atoms with van der Waals surface area (Å²) >= 11 is 0. The van der Waals surface area contributed by atoms with E-state index in [1.165, 1.54) is 23.9 Å². The summed E-state index contributed by atoms with van der Waals surface area (Å²) in [7, 11) is -6.20. The van der Waals surface area contributed by atoms with Crippen LogP contribution in [-0.4, -0.2) is 65.6 Å². The van der Waals surface area contributed by atoms with Crippen LogP contribution < -0.4 is 4.18 Å². The van der Waals surface area contributed by atoms with E-state index in [1.807, 2.05) is 0 Å². The largest absolute Gasteiger partial charge is 0.534 e. The normalized spacial score (nSPS) is 14.7. The van der Waals surface area contributed by atoms with Crippen molar-refractivity contribution in [1.29, 1.82) is 0 Å². The van der Waals surface area contributed by atoms with Crippen LogP contribution in [0.25, 0.3) is 0 Å². The standard InChI is InChI=1S/C26H32F3N3O7S/c1-6-31(7-2)32(8-3)38-23(25(34)35)21-17(5)20-19(16(4)22(21)39-40(36,37)26(27,28)29)15-30(24(20)33)14-18-12-10-9-11-13-18/h9-13,23H,6-8,14-15H2,1-5H3,(H,34,35). The fourth-order valence-electron chi connectivity index (χ4n) is 4.70. The second-order valence-corrected chi connectivity index (χ2v) is 10.6. The molecule has 10 nitrogen and oxygen atoms in total. The second-order valence-electron chi connectivity index (χ2n) is 9.11. The van der Waals surface area contributed by atoms with Gasteiger partial charge in [-0.2, -0.15) is 21.6 Å². The van der Waals surface area contributed by atoms with Crippen LogP contribution in [0, 0.1) is 13.8 Å². The Labute approximate surface area is 230 Å². The van der Waals surface area contributed by atoms with Crippen molar-refractivity contribution in [2.45, 2.75) is 59.3 Å². The maximum atomic E-state index is 13.5. The maximum Gasteiger partial charge on any atom is 0.534 e. The molecule has 1 amide bonds. The number of carbonyl (C=O) groups is 2. The minimum atomic E-state index is -6.20. The summed E-state index contributed by atoms with van der Waals surface area (Å²) < 4.78 is 69.1. The molecule has 40 heavy (non-hydrogen) atoms. The van der Waals surface area contributed by atoms with Crippen LogP contribution in [0.1, 0.15) is 65.1 Å². The molecule has 0 fully saturated rings. The molecule has 14 heteroatoms. The molecule has 0 radical (unpaired) electrons. The van der Waals surface area contributed by atoms with Gasteiger partial charge in [0, 0.05) is 43.9 Å². The van der Waals surface area contributed by atoms with Crippen molar-refractivity contribution in [3.05, 3.63) is 63.7 Å². The minimum absolute atomic E-state index is 0.0441. The second kappa shape index (κ2) is 12.1. The molecule has 2 aromatic carbocycles. The molecule has 1 atom stereocenters. The fourth-order valence-corrected chi connectivity index (χ4v) is 5.23. The number of carboxylic acids is 1. The molecule has 0 bridgehead atoms. The number of nitrogens with zero attached hydrogens (tertiary/aromatic N) is 3. The van der Waals surface area contributed by atoms with E-state index in [0.717, 1.165) is 5.56 Å². The van der Waals surface area contributed by atoms with Crippen LogP contribution in [0.2, 0.25) is 0 Å². The predicted octanol–water partition coefficient (Wildman–Crippen LogP) is 4.32. The lowest BCUT2D eigenvalue weighted by molar-refractivity contribution is -0.304. The van der Waals surface area contributed by atoms with E-state index in [9.17, 15) is 36.3 Å². The number of amides is 1. The van der Waals surface area contributed by atoms with E-state index >= 15 is 0 Å². The van der Waals surface area contributed by atoms with Crippen LogP contribution in [0.3, 0.4) is 0 Å². The van der Waals surface area contributed by atoms with Crippen molar-refractivity contribution in [3.63, 3.8) is 0 Å². The number of halogens is 3. The Kier molecular flexibility index (Phi) is 9.50. The topological polar surface area (TPSA) is 117 Å². The number of carbonyl (C=O) groups excluding carboxylic acids is 1. The lowest BCUT2D eigenvalue weighted by Crippen LogP contribution is -2.44. The SMILES string of the molecule is CCN(CC)N(CC)OC(C(=O)O)c1c(C)c2c(c(C)c1OS(=O)(=O)C(F)(F)F)CN(Cc1ccccc1)C2=O. The molecule has 1 unspecified atom stereocenters. The van der Waals surface area contributed by atoms with Gasteiger partial charge in [-0.05, 0) is 43.0 Å². The Morgan fingerprint density at radius 3 is 2.17 bits per heavy atom. The zero-order valence-corrected chi connectivity index (χ0v) is 23.6. The van der Waals surface area contributed by atoms with Gasteiger partial charge in [0.2, 0.25) is 6.10 Å². The molecule has 220 valence electrons. The van der Waals surface area contributed by atoms with Crippen molar-refractivity contribution in [2.24, 2.45) is 0 Å². The third kappa shape index (κ3) is 6.09. The molecule has 1 heterocycles. The van der Waals surface area contributed by atoms with Crippen LogP contribution >= 0.6 is 0 Å². The van der Waals surface area contributed by atoms with E-state index < -0.39 is 44.9 Å². The number of carboxylic acid groups (broad SMARTS) is 1. The van der Waals surface area contributed by atoms with Crippen LogP contribution in [0.5, 0.6) is 5.75 Å². The van der Waals surface area contributed by atoms with Gasteiger partial charge >= 0.3 is 21.6 Å². The Morgan fingerprint density at radius 2 is 1.68 bits per heavy atom. The third-order valence-corrected chi connectivity index (χ3v) is 7.64. The highest BCUT2D eigenvalue weighted by molar-refractivity contribution is 7.88. The number of hydroxylamine groups is 1. The van der Waals surface area contributed by atoms with Gasteiger partial charge in [0.1, 0.15) is 0 Å². The van der Waals surface area contributed by atoms with Gasteiger partial charge in [-0.1, -0.05) is 44.2 Å². The maximum absolute atomic E-state index is 13.5. The molecule has 0 aliphatic carbocycles. The van der Waals surface area contributed by atoms with E-state index in [-0.39, 0.29) is 41.9 Å². The van der Waals surface area contributed by atoms with Gasteiger partial charge in [0.25, 0.3) is 5.91 Å². The minimum Gasteiger partial charge on any atom is -0.479 e. The van der Waals surface area contributed by atoms with Crippen molar-refractivity contribution in [3.8, 4) is 5.75 Å². The number of hydrogen-bond donors (Lipinski definition) is 1. The summed E-state index contributed by atoms with van der Waals surface area (Å²) in [6.45, 7) is 9.02. The number of hydrazine groups is 1. The highest BCUT2D eigenvalue weighted by atomic mass is 32.2. The number of aliphatic carboxylic acids is 1. The van der Waals surface area contributed by atoms with E-state index in [0.29, 0.717) is 13.1 Å².